The van der Waals surface area contributed by atoms with E-state index in [0.29, 0.717) is 24.4 Å². The molecule has 1 unspecified atom stereocenters. The van der Waals surface area contributed by atoms with Gasteiger partial charge >= 0.3 is 5.69 Å². The third kappa shape index (κ3) is 5.87. The second-order valence-corrected chi connectivity index (χ2v) is 15.5. The third-order valence-electron chi connectivity index (χ3n) is 11.1. The molecular weight excluding hydrogens is 677 g/mol. The van der Waals surface area contributed by atoms with Gasteiger partial charge in [0.1, 0.15) is 6.04 Å². The monoisotopic (exact) mass is 716 g/mol. The molecule has 266 valence electrons. The van der Waals surface area contributed by atoms with Gasteiger partial charge in [0.05, 0.1) is 22.3 Å². The number of aromatic nitrogens is 3. The van der Waals surface area contributed by atoms with E-state index >= 15 is 0 Å². The Morgan fingerprint density at radius 1 is 0.827 bits per heavy atom. The van der Waals surface area contributed by atoms with Gasteiger partial charge in [-0.25, -0.2) is 4.79 Å². The molecule has 13 heteroatoms. The number of nitrogens with zero attached hydrogens (tertiary/aromatic N) is 6. The maximum Gasteiger partial charge on any atom is 0.329 e. The van der Waals surface area contributed by atoms with E-state index < -0.39 is 11.9 Å². The van der Waals surface area contributed by atoms with Gasteiger partial charge in [-0.3, -0.25) is 38.7 Å². The molecule has 2 N–H and O–H groups in total. The van der Waals surface area contributed by atoms with Crippen LogP contribution in [-0.4, -0.2) is 89.1 Å². The standard InChI is InChI=1S/C39H40N8O4S/c1-43-33-19-28(6-7-31(33)47(39(43)51)32-8-9-36(48)42-38(32)50)46-22-24(23-46)21-44-14-16-45(17-15-44)27-4-2-25(3-5-27)30-18-26(10-12-40-30)35-20-29-34(52-35)11-13-41-37(29)49/h2-7,10,12,18-20,24,32H,8-9,11,13-17,21-23H2,1H3,(H,41,49)(H,42,48,50). The number of piperidine rings is 1. The number of piperazine rings is 1. The third-order valence-corrected chi connectivity index (χ3v) is 12.3. The number of imidazole rings is 1. The van der Waals surface area contributed by atoms with Gasteiger partial charge in [0.25, 0.3) is 5.91 Å². The molecule has 1 atom stereocenters. The highest BCUT2D eigenvalue weighted by atomic mass is 32.1. The summed E-state index contributed by atoms with van der Waals surface area (Å²) < 4.78 is 3.13. The van der Waals surface area contributed by atoms with E-state index in [9.17, 15) is 19.2 Å². The molecule has 5 aromatic rings. The number of hydrogen-bond acceptors (Lipinski definition) is 9. The Bertz CT molecular complexity index is 2280. The molecule has 7 heterocycles. The summed E-state index contributed by atoms with van der Waals surface area (Å²) in [5.41, 5.74) is 7.45. The van der Waals surface area contributed by atoms with Gasteiger partial charge in [0.15, 0.2) is 0 Å². The number of pyridine rings is 1. The van der Waals surface area contributed by atoms with Gasteiger partial charge in [-0.1, -0.05) is 12.1 Å². The van der Waals surface area contributed by atoms with Crippen LogP contribution in [0.25, 0.3) is 32.7 Å². The minimum Gasteiger partial charge on any atom is -0.371 e. The molecule has 0 saturated carbocycles. The molecule has 2 aromatic carbocycles. The fourth-order valence-electron chi connectivity index (χ4n) is 8.15. The van der Waals surface area contributed by atoms with E-state index in [1.165, 1.54) is 10.3 Å². The number of amides is 3. The maximum atomic E-state index is 13.2. The molecule has 3 fully saturated rings. The maximum absolute atomic E-state index is 13.2. The Kier molecular flexibility index (Phi) is 8.19. The summed E-state index contributed by atoms with van der Waals surface area (Å²) in [4.78, 5) is 63.9. The number of carbonyl (C=O) groups is 3. The van der Waals surface area contributed by atoms with Crippen LogP contribution in [0.4, 0.5) is 11.4 Å². The second kappa shape index (κ2) is 13.1. The van der Waals surface area contributed by atoms with Crippen LogP contribution < -0.4 is 26.1 Å². The molecule has 3 aromatic heterocycles. The largest absolute Gasteiger partial charge is 0.371 e. The van der Waals surface area contributed by atoms with Crippen LogP contribution >= 0.6 is 11.3 Å². The molecule has 3 amide bonds. The van der Waals surface area contributed by atoms with Crippen molar-refractivity contribution in [1.82, 2.24) is 29.7 Å². The van der Waals surface area contributed by atoms with Crippen molar-refractivity contribution < 1.29 is 14.4 Å². The normalized spacial score (nSPS) is 19.8. The smallest absolute Gasteiger partial charge is 0.329 e. The van der Waals surface area contributed by atoms with E-state index in [1.807, 2.05) is 36.5 Å². The number of anilines is 2. The van der Waals surface area contributed by atoms with E-state index in [4.69, 9.17) is 0 Å². The van der Waals surface area contributed by atoms with Crippen molar-refractivity contribution in [2.45, 2.75) is 25.3 Å². The Labute approximate surface area is 304 Å². The lowest BCUT2D eigenvalue weighted by Crippen LogP contribution is -2.55. The predicted molar refractivity (Wildman–Crippen MR) is 202 cm³/mol. The van der Waals surface area contributed by atoms with Crippen molar-refractivity contribution in [3.8, 4) is 21.7 Å². The average molecular weight is 717 g/mol. The van der Waals surface area contributed by atoms with Crippen molar-refractivity contribution in [3.63, 3.8) is 0 Å². The first-order valence-corrected chi connectivity index (χ1v) is 18.9. The van der Waals surface area contributed by atoms with Gasteiger partial charge in [-0.05, 0) is 66.9 Å². The number of carbonyl (C=O) groups excluding carboxylic acids is 3. The van der Waals surface area contributed by atoms with Crippen molar-refractivity contribution in [2.75, 3.05) is 62.2 Å². The number of rotatable bonds is 7. The minimum atomic E-state index is -0.677. The summed E-state index contributed by atoms with van der Waals surface area (Å²) in [6.45, 7) is 7.70. The lowest BCUT2D eigenvalue weighted by atomic mass is 9.98. The summed E-state index contributed by atoms with van der Waals surface area (Å²) >= 11 is 1.70. The highest BCUT2D eigenvalue weighted by Gasteiger charge is 2.33. The topological polar surface area (TPSA) is 125 Å². The van der Waals surface area contributed by atoms with Crippen LogP contribution in [0.1, 0.15) is 34.1 Å². The highest BCUT2D eigenvalue weighted by molar-refractivity contribution is 7.15. The zero-order chi connectivity index (χ0) is 35.5. The predicted octanol–water partition coefficient (Wildman–Crippen LogP) is 3.65. The fraction of sp³-hybridized carbons (Fsp3) is 0.359. The summed E-state index contributed by atoms with van der Waals surface area (Å²) in [5, 5.41) is 5.31. The van der Waals surface area contributed by atoms with Crippen LogP contribution in [0.3, 0.4) is 0 Å². The Balaban J connectivity index is 0.786. The average Bonchev–Trinajstić information content (AvgIpc) is 3.70. The lowest BCUT2D eigenvalue weighted by molar-refractivity contribution is -0.135. The van der Waals surface area contributed by atoms with E-state index in [1.54, 1.807) is 23.0 Å². The fourth-order valence-corrected chi connectivity index (χ4v) is 9.30. The molecule has 4 aliphatic rings. The molecule has 12 nitrogen and oxygen atoms in total. The number of benzene rings is 2. The van der Waals surface area contributed by atoms with Crippen LogP contribution in [0.2, 0.25) is 0 Å². The first-order chi connectivity index (χ1) is 25.3. The summed E-state index contributed by atoms with van der Waals surface area (Å²) in [5.74, 6) is -0.104. The zero-order valence-electron chi connectivity index (χ0n) is 29.0. The first kappa shape index (κ1) is 32.6. The van der Waals surface area contributed by atoms with E-state index in [0.717, 1.165) is 95.6 Å². The minimum absolute atomic E-state index is 0.0209. The Morgan fingerprint density at radius 2 is 1.62 bits per heavy atom. The molecule has 0 spiro atoms. The first-order valence-electron chi connectivity index (χ1n) is 18.0. The van der Waals surface area contributed by atoms with Gasteiger partial charge in [0.2, 0.25) is 11.8 Å². The number of thiophene rings is 1. The number of hydrogen-bond donors (Lipinski definition) is 2. The van der Waals surface area contributed by atoms with Crippen LogP contribution in [0, 0.1) is 5.92 Å². The van der Waals surface area contributed by atoms with Crippen LogP contribution in [-0.2, 0) is 23.1 Å². The Morgan fingerprint density at radius 3 is 2.38 bits per heavy atom. The zero-order valence-corrected chi connectivity index (χ0v) is 29.8. The highest BCUT2D eigenvalue weighted by Crippen LogP contribution is 2.35. The van der Waals surface area contributed by atoms with E-state index in [-0.39, 0.29) is 23.9 Å². The molecule has 0 bridgehead atoms. The lowest BCUT2D eigenvalue weighted by Gasteiger charge is -2.45. The number of imide groups is 1. The van der Waals surface area contributed by atoms with Crippen LogP contribution in [0.15, 0.2) is 71.7 Å². The summed E-state index contributed by atoms with van der Waals surface area (Å²) in [6, 6.07) is 20.2. The SMILES string of the molecule is Cn1c(=O)n(C2CCC(=O)NC2=O)c2ccc(N3CC(CN4CCN(c5ccc(-c6cc(-c7cc8c(s7)CCNC8=O)ccn6)cc5)CC4)C3)cc21. The van der Waals surface area contributed by atoms with Crippen LogP contribution in [0.5, 0.6) is 0 Å². The molecule has 0 aliphatic carbocycles. The Hall–Kier alpha value is -5.27. The van der Waals surface area contributed by atoms with Crippen molar-refractivity contribution >= 4 is 51.5 Å². The van der Waals surface area contributed by atoms with Gasteiger partial charge in [-0.15, -0.1) is 11.3 Å². The van der Waals surface area contributed by atoms with E-state index in [2.05, 4.69) is 60.6 Å². The van der Waals surface area contributed by atoms with Gasteiger partial charge in [0, 0.05) is 105 Å². The summed E-state index contributed by atoms with van der Waals surface area (Å²) in [7, 11) is 1.74. The quantitative estimate of drug-likeness (QED) is 0.245. The van der Waals surface area contributed by atoms with Crippen molar-refractivity contribution in [3.05, 3.63) is 87.8 Å². The molecule has 9 rings (SSSR count). The number of nitrogens with one attached hydrogen (secondary N) is 2. The molecular formula is C39H40N8O4S. The molecule has 3 saturated heterocycles. The molecule has 0 radical (unpaired) electrons. The second-order valence-electron chi connectivity index (χ2n) is 14.3. The molecule has 52 heavy (non-hydrogen) atoms. The van der Waals surface area contributed by atoms with Crippen molar-refractivity contribution in [2.24, 2.45) is 13.0 Å². The van der Waals surface area contributed by atoms with Gasteiger partial charge < -0.3 is 15.1 Å². The van der Waals surface area contributed by atoms with Gasteiger partial charge in [-0.2, -0.15) is 0 Å². The molecule has 4 aliphatic heterocycles. The van der Waals surface area contributed by atoms with Crippen molar-refractivity contribution in [1.29, 1.82) is 0 Å². The number of fused-ring (bicyclic) bond motifs is 2. The summed E-state index contributed by atoms with van der Waals surface area (Å²) in [6.07, 6.45) is 3.29. The number of aryl methyl sites for hydroxylation is 1.